The van der Waals surface area contributed by atoms with Crippen LogP contribution in [0.2, 0.25) is 0 Å². The summed E-state index contributed by atoms with van der Waals surface area (Å²) >= 11 is 4.62. The van der Waals surface area contributed by atoms with E-state index in [9.17, 15) is 14.4 Å². The van der Waals surface area contributed by atoms with Gasteiger partial charge in [0.2, 0.25) is 0 Å². The Kier molecular flexibility index (Phi) is 8.40. The van der Waals surface area contributed by atoms with E-state index >= 15 is 0 Å². The van der Waals surface area contributed by atoms with Crippen LogP contribution >= 0.6 is 27.3 Å². The summed E-state index contributed by atoms with van der Waals surface area (Å²) in [7, 11) is 2.88. The molecule has 1 heterocycles. The fourth-order valence-electron chi connectivity index (χ4n) is 5.45. The van der Waals surface area contributed by atoms with Crippen molar-refractivity contribution in [2.45, 2.75) is 53.0 Å². The lowest BCUT2D eigenvalue weighted by molar-refractivity contribution is -0.139. The summed E-state index contributed by atoms with van der Waals surface area (Å²) in [6.45, 7) is 8.38. The van der Waals surface area contributed by atoms with Crippen LogP contribution in [0.25, 0.3) is 10.4 Å². The second kappa shape index (κ2) is 10.8. The van der Waals surface area contributed by atoms with Gasteiger partial charge in [-0.1, -0.05) is 39.8 Å². The fourth-order valence-corrected chi connectivity index (χ4v) is 7.42. The molecule has 0 unspecified atom stereocenters. The molecule has 0 aliphatic heterocycles. The van der Waals surface area contributed by atoms with Crippen LogP contribution in [0.5, 0.6) is 5.75 Å². The zero-order valence-corrected chi connectivity index (χ0v) is 23.8. The standard InChI is InChI=1S/C26H33BrN2O6S/c1-25(2)11-17(12-26(3,4)14-25)29(24(33)28-5)16-9-7-8-15(10-16)21-19(27)20(35-13-18(30)31)22(36-21)23(32)34-6/h7-10,17H,11-14H2,1-6H3,(H,28,33)(H,30,31). The third-order valence-electron chi connectivity index (χ3n) is 6.24. The van der Waals surface area contributed by atoms with Crippen molar-refractivity contribution in [2.24, 2.45) is 10.8 Å². The SMILES string of the molecule is CNC(=O)N(c1cccc(-c2sc(C(=O)OC)c(OCC(=O)O)c2Br)c1)C1CC(C)(C)CC(C)(C)C1. The Bertz CT molecular complexity index is 1140. The highest BCUT2D eigenvalue weighted by Gasteiger charge is 2.42. The minimum absolute atomic E-state index is 0.00539. The molecule has 0 bridgehead atoms. The van der Waals surface area contributed by atoms with Gasteiger partial charge in [-0.2, -0.15) is 0 Å². The second-order valence-electron chi connectivity index (χ2n) is 10.6. The first-order chi connectivity index (χ1) is 16.8. The molecule has 8 nitrogen and oxygen atoms in total. The number of methoxy groups -OCH3 is 1. The molecule has 1 aliphatic carbocycles. The van der Waals surface area contributed by atoms with Crippen LogP contribution in [0.4, 0.5) is 10.5 Å². The van der Waals surface area contributed by atoms with Gasteiger partial charge in [0.05, 0.1) is 16.5 Å². The Morgan fingerprint density at radius 3 is 2.39 bits per heavy atom. The van der Waals surface area contributed by atoms with Crippen LogP contribution in [0.15, 0.2) is 28.7 Å². The van der Waals surface area contributed by atoms with Crippen molar-refractivity contribution in [3.05, 3.63) is 33.6 Å². The molecule has 2 amide bonds. The molecule has 10 heteroatoms. The first-order valence-electron chi connectivity index (χ1n) is 11.6. The highest BCUT2D eigenvalue weighted by Crippen LogP contribution is 2.49. The van der Waals surface area contributed by atoms with Crippen molar-refractivity contribution in [2.75, 3.05) is 25.7 Å². The summed E-state index contributed by atoms with van der Waals surface area (Å²) in [5.74, 6) is -1.66. The number of thiophene rings is 1. The number of carbonyl (C=O) groups is 3. The van der Waals surface area contributed by atoms with E-state index in [4.69, 9.17) is 14.6 Å². The van der Waals surface area contributed by atoms with E-state index in [0.717, 1.165) is 41.9 Å². The fraction of sp³-hybridized carbons (Fsp3) is 0.500. The summed E-state index contributed by atoms with van der Waals surface area (Å²) in [5.41, 5.74) is 1.65. The molecular formula is C26H33BrN2O6S. The first-order valence-corrected chi connectivity index (χ1v) is 13.3. The van der Waals surface area contributed by atoms with Crippen LogP contribution in [-0.4, -0.2) is 49.9 Å². The van der Waals surface area contributed by atoms with Gasteiger partial charge < -0.3 is 19.9 Å². The van der Waals surface area contributed by atoms with Gasteiger partial charge in [0.1, 0.15) is 0 Å². The van der Waals surface area contributed by atoms with Gasteiger partial charge in [0.15, 0.2) is 17.2 Å². The maximum absolute atomic E-state index is 13.2. The van der Waals surface area contributed by atoms with Crippen LogP contribution in [-0.2, 0) is 9.53 Å². The Morgan fingerprint density at radius 2 is 1.83 bits per heavy atom. The lowest BCUT2D eigenvalue weighted by Crippen LogP contribution is -2.51. The highest BCUT2D eigenvalue weighted by atomic mass is 79.9. The number of aliphatic carboxylic acids is 1. The molecule has 1 aromatic carbocycles. The van der Waals surface area contributed by atoms with Gasteiger partial charge in [-0.05, 0) is 63.7 Å². The van der Waals surface area contributed by atoms with Crippen LogP contribution < -0.4 is 15.0 Å². The lowest BCUT2D eigenvalue weighted by atomic mass is 9.63. The molecule has 2 N–H and O–H groups in total. The van der Waals surface area contributed by atoms with Crippen molar-refractivity contribution in [3.8, 4) is 16.2 Å². The van der Waals surface area contributed by atoms with E-state index in [1.54, 1.807) is 7.05 Å². The number of nitrogens with zero attached hydrogens (tertiary/aromatic N) is 1. The molecule has 1 saturated carbocycles. The number of esters is 1. The number of amides is 2. The molecule has 0 saturated heterocycles. The number of carbonyl (C=O) groups excluding carboxylic acids is 2. The number of anilines is 1. The van der Waals surface area contributed by atoms with Crippen molar-refractivity contribution in [3.63, 3.8) is 0 Å². The number of halogens is 1. The second-order valence-corrected chi connectivity index (χ2v) is 12.4. The predicted molar refractivity (Wildman–Crippen MR) is 144 cm³/mol. The number of carboxylic acid groups (broad SMARTS) is 1. The minimum atomic E-state index is -1.16. The zero-order chi connectivity index (χ0) is 26.8. The van der Waals surface area contributed by atoms with E-state index in [-0.39, 0.29) is 33.5 Å². The molecule has 1 aromatic heterocycles. The Labute approximate surface area is 224 Å². The number of rotatable bonds is 7. The molecule has 36 heavy (non-hydrogen) atoms. The number of ether oxygens (including phenoxy) is 2. The van der Waals surface area contributed by atoms with Gasteiger partial charge in [-0.3, -0.25) is 4.90 Å². The summed E-state index contributed by atoms with van der Waals surface area (Å²) in [4.78, 5) is 39.3. The maximum Gasteiger partial charge on any atom is 0.351 e. The summed E-state index contributed by atoms with van der Waals surface area (Å²) < 4.78 is 10.7. The van der Waals surface area contributed by atoms with E-state index in [2.05, 4.69) is 48.9 Å². The molecule has 1 fully saturated rings. The van der Waals surface area contributed by atoms with Gasteiger partial charge in [-0.15, -0.1) is 11.3 Å². The minimum Gasteiger partial charge on any atom is -0.479 e. The van der Waals surface area contributed by atoms with Crippen molar-refractivity contribution in [1.82, 2.24) is 5.32 Å². The molecular weight excluding hydrogens is 548 g/mol. The third-order valence-corrected chi connectivity index (χ3v) is 8.46. The number of carboxylic acids is 1. The molecule has 0 radical (unpaired) electrons. The predicted octanol–water partition coefficient (Wildman–Crippen LogP) is 6.18. The molecule has 0 atom stereocenters. The van der Waals surface area contributed by atoms with Gasteiger partial charge in [0.25, 0.3) is 0 Å². The molecule has 0 spiro atoms. The smallest absolute Gasteiger partial charge is 0.351 e. The average molecular weight is 582 g/mol. The number of urea groups is 1. The van der Waals surface area contributed by atoms with Crippen LogP contribution in [0.3, 0.4) is 0 Å². The summed E-state index contributed by atoms with van der Waals surface area (Å²) in [6.07, 6.45) is 2.82. The van der Waals surface area contributed by atoms with E-state index in [0.29, 0.717) is 9.35 Å². The van der Waals surface area contributed by atoms with Crippen LogP contribution in [0.1, 0.15) is 56.6 Å². The summed E-state index contributed by atoms with van der Waals surface area (Å²) in [5, 5.41) is 11.8. The zero-order valence-electron chi connectivity index (χ0n) is 21.4. The average Bonchev–Trinajstić information content (AvgIpc) is 3.11. The van der Waals surface area contributed by atoms with E-state index in [1.807, 2.05) is 29.2 Å². The topological polar surface area (TPSA) is 105 Å². The monoisotopic (exact) mass is 580 g/mol. The first kappa shape index (κ1) is 28.0. The normalized spacial score (nSPS) is 16.8. The molecule has 2 aromatic rings. The summed E-state index contributed by atoms with van der Waals surface area (Å²) in [6, 6.07) is 7.36. The maximum atomic E-state index is 13.2. The lowest BCUT2D eigenvalue weighted by Gasteiger charge is -2.48. The van der Waals surface area contributed by atoms with Gasteiger partial charge in [-0.25, -0.2) is 14.4 Å². The van der Waals surface area contributed by atoms with Crippen molar-refractivity contribution < 1.29 is 29.0 Å². The van der Waals surface area contributed by atoms with Crippen LogP contribution in [0, 0.1) is 10.8 Å². The largest absolute Gasteiger partial charge is 0.479 e. The Balaban J connectivity index is 2.07. The number of hydrogen-bond acceptors (Lipinski definition) is 6. The van der Waals surface area contributed by atoms with Gasteiger partial charge in [0, 0.05) is 18.8 Å². The quantitative estimate of drug-likeness (QED) is 0.379. The number of nitrogens with one attached hydrogen (secondary N) is 1. The third kappa shape index (κ3) is 6.21. The highest BCUT2D eigenvalue weighted by molar-refractivity contribution is 9.10. The molecule has 196 valence electrons. The Hall–Kier alpha value is -2.59. The van der Waals surface area contributed by atoms with Gasteiger partial charge >= 0.3 is 18.0 Å². The Morgan fingerprint density at radius 1 is 1.19 bits per heavy atom. The molecule has 1 aliphatic rings. The van der Waals surface area contributed by atoms with Crippen molar-refractivity contribution >= 4 is 50.9 Å². The van der Waals surface area contributed by atoms with E-state index in [1.165, 1.54) is 7.11 Å². The number of benzene rings is 1. The van der Waals surface area contributed by atoms with E-state index < -0.39 is 18.5 Å². The molecule has 3 rings (SSSR count). The number of hydrogen-bond donors (Lipinski definition) is 2. The van der Waals surface area contributed by atoms with Crippen molar-refractivity contribution in [1.29, 1.82) is 0 Å².